The number of carbonyl (C=O) groups excluding carboxylic acids is 1. The average Bonchev–Trinajstić information content (AvgIpc) is 2.79. The molecule has 0 heterocycles. The lowest BCUT2D eigenvalue weighted by molar-refractivity contribution is -0.384. The molecule has 0 atom stereocenters. The number of benzene rings is 2. The molecule has 0 saturated heterocycles. The largest absolute Gasteiger partial charge is 0.488 e. The van der Waals surface area contributed by atoms with E-state index in [0.717, 1.165) is 49.2 Å². The quantitative estimate of drug-likeness (QED) is 0.178. The topological polar surface area (TPSA) is 90.7 Å². The molecule has 1 N–H and O–H groups in total. The smallest absolute Gasteiger partial charge is 0.270 e. The molecule has 0 aliphatic heterocycles. The van der Waals surface area contributed by atoms with Gasteiger partial charge in [-0.3, -0.25) is 14.9 Å². The summed E-state index contributed by atoms with van der Waals surface area (Å²) in [4.78, 5) is 22.9. The van der Waals surface area contributed by atoms with Crippen molar-refractivity contribution < 1.29 is 19.2 Å². The van der Waals surface area contributed by atoms with E-state index in [1.54, 1.807) is 0 Å². The molecule has 0 aromatic heterocycles. The molecule has 7 nitrogen and oxygen atoms in total. The molecular formula is C27H37ClN2O5. The van der Waals surface area contributed by atoms with Gasteiger partial charge in [-0.1, -0.05) is 31.5 Å². The van der Waals surface area contributed by atoms with Crippen LogP contribution in [0.25, 0.3) is 0 Å². The van der Waals surface area contributed by atoms with Crippen molar-refractivity contribution in [1.82, 2.24) is 5.32 Å². The number of nitro benzene ring substituents is 1. The minimum atomic E-state index is -0.549. The molecule has 0 saturated carbocycles. The predicted octanol–water partition coefficient (Wildman–Crippen LogP) is 7.14. The normalized spacial score (nSPS) is 11.7. The Morgan fingerprint density at radius 3 is 2.29 bits per heavy atom. The fraction of sp³-hybridized carbons (Fsp3) is 0.519. The van der Waals surface area contributed by atoms with E-state index in [1.807, 2.05) is 18.2 Å². The van der Waals surface area contributed by atoms with Crippen LogP contribution >= 0.6 is 11.6 Å². The van der Waals surface area contributed by atoms with Crippen molar-refractivity contribution in [3.63, 3.8) is 0 Å². The summed E-state index contributed by atoms with van der Waals surface area (Å²) in [7, 11) is 0. The van der Waals surface area contributed by atoms with Gasteiger partial charge in [0, 0.05) is 24.7 Å². The van der Waals surface area contributed by atoms with E-state index in [0.29, 0.717) is 6.54 Å². The third-order valence-corrected chi connectivity index (χ3v) is 6.42. The van der Waals surface area contributed by atoms with E-state index in [1.165, 1.54) is 18.2 Å². The first kappa shape index (κ1) is 28.4. The second-order valence-corrected chi connectivity index (χ2v) is 10.2. The number of hydrogen-bond donors (Lipinski definition) is 1. The van der Waals surface area contributed by atoms with Crippen LogP contribution in [0.5, 0.6) is 11.5 Å². The summed E-state index contributed by atoms with van der Waals surface area (Å²) in [5.41, 5.74) is 0.445. The zero-order valence-corrected chi connectivity index (χ0v) is 22.3. The fourth-order valence-corrected chi connectivity index (χ4v) is 3.40. The average molecular weight is 505 g/mol. The summed E-state index contributed by atoms with van der Waals surface area (Å²) in [6, 6.07) is 9.83. The molecule has 0 aliphatic carbocycles. The van der Waals surface area contributed by atoms with Gasteiger partial charge in [0.2, 0.25) is 0 Å². The van der Waals surface area contributed by atoms with E-state index >= 15 is 0 Å². The Hall–Kier alpha value is -2.80. The van der Waals surface area contributed by atoms with Crippen LogP contribution in [-0.4, -0.2) is 28.6 Å². The molecule has 0 bridgehead atoms. The van der Waals surface area contributed by atoms with Gasteiger partial charge in [-0.2, -0.15) is 0 Å². The molecule has 0 unspecified atom stereocenters. The lowest BCUT2D eigenvalue weighted by Gasteiger charge is -2.29. The first-order valence-electron chi connectivity index (χ1n) is 12.1. The molecular weight excluding hydrogens is 468 g/mol. The van der Waals surface area contributed by atoms with Gasteiger partial charge in [0.15, 0.2) is 0 Å². The third-order valence-electron chi connectivity index (χ3n) is 6.09. The van der Waals surface area contributed by atoms with Crippen molar-refractivity contribution in [2.75, 3.05) is 6.54 Å². The first-order chi connectivity index (χ1) is 16.4. The van der Waals surface area contributed by atoms with E-state index in [4.69, 9.17) is 21.1 Å². The highest BCUT2D eigenvalue weighted by molar-refractivity contribution is 6.33. The summed E-state index contributed by atoms with van der Waals surface area (Å²) >= 11 is 6.05. The van der Waals surface area contributed by atoms with Crippen molar-refractivity contribution in [3.05, 3.63) is 62.7 Å². The number of unbranched alkanes of at least 4 members (excludes halogenated alkanes) is 1. The molecule has 192 valence electrons. The number of amides is 1. The Kier molecular flexibility index (Phi) is 9.95. The summed E-state index contributed by atoms with van der Waals surface area (Å²) in [5.74, 6) is 1.17. The van der Waals surface area contributed by atoms with Crippen molar-refractivity contribution in [2.45, 2.75) is 84.8 Å². The maximum atomic E-state index is 12.4. The summed E-state index contributed by atoms with van der Waals surface area (Å²) < 4.78 is 12.5. The second-order valence-electron chi connectivity index (χ2n) is 9.83. The Labute approximate surface area is 213 Å². The van der Waals surface area contributed by atoms with Gasteiger partial charge in [0.1, 0.15) is 22.7 Å². The summed E-state index contributed by atoms with van der Waals surface area (Å²) in [6.07, 6.45) is 4.09. The van der Waals surface area contributed by atoms with Crippen molar-refractivity contribution in [1.29, 1.82) is 0 Å². The van der Waals surface area contributed by atoms with Crippen LogP contribution < -0.4 is 14.8 Å². The molecule has 8 heteroatoms. The number of non-ortho nitro benzene ring substituents is 1. The standard InChI is InChI=1S/C27H37ClN2O5/c1-7-26(3,4)34-21-14-12-19(24(18-21)35-27(5,6)8-2)11-9-10-16-29-25(31)22-17-20(30(32)33)13-15-23(22)28/h12-15,17-18H,7-11,16H2,1-6H3,(H,29,31). The monoisotopic (exact) mass is 504 g/mol. The van der Waals surface area contributed by atoms with Gasteiger partial charge in [-0.05, 0) is 77.5 Å². The molecule has 35 heavy (non-hydrogen) atoms. The predicted molar refractivity (Wildman–Crippen MR) is 140 cm³/mol. The fourth-order valence-electron chi connectivity index (χ4n) is 3.20. The Morgan fingerprint density at radius 1 is 1.00 bits per heavy atom. The highest BCUT2D eigenvalue weighted by atomic mass is 35.5. The van der Waals surface area contributed by atoms with Gasteiger partial charge in [-0.25, -0.2) is 0 Å². The van der Waals surface area contributed by atoms with Crippen LogP contribution in [0.15, 0.2) is 36.4 Å². The molecule has 0 spiro atoms. The van der Waals surface area contributed by atoms with Crippen molar-refractivity contribution in [3.8, 4) is 11.5 Å². The highest BCUT2D eigenvalue weighted by Gasteiger charge is 2.22. The molecule has 2 aromatic rings. The minimum Gasteiger partial charge on any atom is -0.488 e. The Morgan fingerprint density at radius 2 is 1.66 bits per heavy atom. The van der Waals surface area contributed by atoms with Gasteiger partial charge < -0.3 is 14.8 Å². The van der Waals surface area contributed by atoms with Crippen LogP contribution in [-0.2, 0) is 6.42 Å². The number of carbonyl (C=O) groups is 1. The van der Waals surface area contributed by atoms with Gasteiger partial charge in [0.05, 0.1) is 15.5 Å². The van der Waals surface area contributed by atoms with Gasteiger partial charge >= 0.3 is 0 Å². The van der Waals surface area contributed by atoms with Crippen LogP contribution in [0.2, 0.25) is 5.02 Å². The minimum absolute atomic E-state index is 0.101. The van der Waals surface area contributed by atoms with E-state index in [2.05, 4.69) is 46.9 Å². The van der Waals surface area contributed by atoms with Crippen LogP contribution in [0.3, 0.4) is 0 Å². The maximum absolute atomic E-state index is 12.4. The summed E-state index contributed by atoms with van der Waals surface area (Å²) in [5, 5.41) is 14.0. The van der Waals surface area contributed by atoms with Crippen LogP contribution in [0.4, 0.5) is 5.69 Å². The first-order valence-corrected chi connectivity index (χ1v) is 12.5. The number of nitrogens with zero attached hydrogens (tertiary/aromatic N) is 1. The van der Waals surface area contributed by atoms with Gasteiger partial charge in [-0.15, -0.1) is 0 Å². The number of halogens is 1. The number of nitro groups is 1. The van der Waals surface area contributed by atoms with E-state index in [9.17, 15) is 14.9 Å². The molecule has 2 rings (SSSR count). The molecule has 1 amide bonds. The number of nitrogens with one attached hydrogen (secondary N) is 1. The zero-order chi connectivity index (χ0) is 26.2. The molecule has 0 aliphatic rings. The SMILES string of the molecule is CCC(C)(C)Oc1ccc(CCCCNC(=O)c2cc([N+](=O)[O-])ccc2Cl)c(OC(C)(C)CC)c1. The van der Waals surface area contributed by atoms with Gasteiger partial charge in [0.25, 0.3) is 11.6 Å². The second kappa shape index (κ2) is 12.2. The van der Waals surface area contributed by atoms with Crippen LogP contribution in [0, 0.1) is 10.1 Å². The number of rotatable bonds is 13. The Balaban J connectivity index is 2.00. The van der Waals surface area contributed by atoms with Crippen LogP contribution in [0.1, 0.15) is 83.1 Å². The third kappa shape index (κ3) is 8.73. The molecule has 0 fully saturated rings. The maximum Gasteiger partial charge on any atom is 0.270 e. The van der Waals surface area contributed by atoms with E-state index < -0.39 is 10.8 Å². The number of hydrogen-bond acceptors (Lipinski definition) is 5. The Bertz CT molecular complexity index is 1040. The molecule has 2 aromatic carbocycles. The zero-order valence-electron chi connectivity index (χ0n) is 21.6. The summed E-state index contributed by atoms with van der Waals surface area (Å²) in [6.45, 7) is 12.9. The lowest BCUT2D eigenvalue weighted by Crippen LogP contribution is -2.28. The molecule has 0 radical (unpaired) electrons. The number of aryl methyl sites for hydroxylation is 1. The lowest BCUT2D eigenvalue weighted by atomic mass is 10.0. The number of ether oxygens (including phenoxy) is 2. The van der Waals surface area contributed by atoms with Crippen molar-refractivity contribution in [2.24, 2.45) is 0 Å². The van der Waals surface area contributed by atoms with Crippen molar-refractivity contribution >= 4 is 23.2 Å². The highest BCUT2D eigenvalue weighted by Crippen LogP contribution is 2.32. The van der Waals surface area contributed by atoms with E-state index in [-0.39, 0.29) is 27.5 Å².